The van der Waals surface area contributed by atoms with Crippen molar-refractivity contribution >= 4 is 0 Å². The second kappa shape index (κ2) is 4.93. The van der Waals surface area contributed by atoms with E-state index < -0.39 is 0 Å². The van der Waals surface area contributed by atoms with Crippen LogP contribution in [0.15, 0.2) is 54.7 Å². The zero-order valence-corrected chi connectivity index (χ0v) is 11.7. The van der Waals surface area contributed by atoms with Crippen molar-refractivity contribution in [1.29, 1.82) is 0 Å². The van der Waals surface area contributed by atoms with Crippen LogP contribution in [0.4, 0.5) is 0 Å². The summed E-state index contributed by atoms with van der Waals surface area (Å²) in [7, 11) is 0. The molecular formula is C17H22N+. The predicted octanol–water partition coefficient (Wildman–Crippen LogP) is 4.03. The van der Waals surface area contributed by atoms with Crippen LogP contribution in [0.25, 0.3) is 11.3 Å². The third kappa shape index (κ3) is 2.31. The molecule has 0 spiro atoms. The Morgan fingerprint density at radius 2 is 1.50 bits per heavy atom. The summed E-state index contributed by atoms with van der Waals surface area (Å²) in [5, 5.41) is 0. The normalized spacial score (nSPS) is 11.8. The van der Waals surface area contributed by atoms with E-state index in [2.05, 4.69) is 87.0 Å². The van der Waals surface area contributed by atoms with Gasteiger partial charge in [-0.05, 0) is 18.2 Å². The van der Waals surface area contributed by atoms with Gasteiger partial charge in [0, 0.05) is 37.5 Å². The highest BCUT2D eigenvalue weighted by atomic mass is 15.0. The van der Waals surface area contributed by atoms with E-state index in [-0.39, 0.29) is 5.54 Å². The monoisotopic (exact) mass is 240 g/mol. The molecule has 94 valence electrons. The van der Waals surface area contributed by atoms with Crippen LogP contribution >= 0.6 is 0 Å². The fourth-order valence-corrected chi connectivity index (χ4v) is 2.07. The summed E-state index contributed by atoms with van der Waals surface area (Å²) in [6.45, 7) is 9.14. The number of benzene rings is 1. The Morgan fingerprint density at radius 1 is 0.889 bits per heavy atom. The maximum Gasteiger partial charge on any atom is 0.212 e. The number of aromatic nitrogens is 1. The van der Waals surface area contributed by atoms with Crippen molar-refractivity contribution in [3.63, 3.8) is 0 Å². The smallest absolute Gasteiger partial charge is 0.193 e. The van der Waals surface area contributed by atoms with Gasteiger partial charge in [0.1, 0.15) is 0 Å². The summed E-state index contributed by atoms with van der Waals surface area (Å²) in [4.78, 5) is 0. The second-order valence-corrected chi connectivity index (χ2v) is 5.63. The first-order valence-corrected chi connectivity index (χ1v) is 6.60. The van der Waals surface area contributed by atoms with Gasteiger partial charge in [-0.3, -0.25) is 0 Å². The first kappa shape index (κ1) is 12.8. The standard InChI is InChI=1S/C17H22N/c1-14(2)17(3,4)18-13-9-8-12-16(18)15-10-6-5-7-11-15/h5-14H,1-4H3/q+1. The molecule has 0 radical (unpaired) electrons. The van der Waals surface area contributed by atoms with Gasteiger partial charge in [0.2, 0.25) is 5.69 Å². The van der Waals surface area contributed by atoms with E-state index in [4.69, 9.17) is 0 Å². The van der Waals surface area contributed by atoms with Crippen molar-refractivity contribution in [2.75, 3.05) is 0 Å². The molecule has 1 aromatic heterocycles. The highest BCUT2D eigenvalue weighted by Crippen LogP contribution is 2.23. The Morgan fingerprint density at radius 3 is 2.11 bits per heavy atom. The number of hydrogen-bond acceptors (Lipinski definition) is 0. The third-order valence-corrected chi connectivity index (χ3v) is 3.96. The van der Waals surface area contributed by atoms with Crippen molar-refractivity contribution in [2.45, 2.75) is 33.2 Å². The zero-order chi connectivity index (χ0) is 13.2. The average molecular weight is 240 g/mol. The van der Waals surface area contributed by atoms with E-state index in [0.717, 1.165) is 0 Å². The zero-order valence-electron chi connectivity index (χ0n) is 11.7. The lowest BCUT2D eigenvalue weighted by Crippen LogP contribution is -2.56. The minimum atomic E-state index is 0.104. The number of nitrogens with zero attached hydrogens (tertiary/aromatic N) is 1. The Bertz CT molecular complexity index is 512. The second-order valence-electron chi connectivity index (χ2n) is 5.63. The predicted molar refractivity (Wildman–Crippen MR) is 76.2 cm³/mol. The highest BCUT2D eigenvalue weighted by Gasteiger charge is 2.34. The lowest BCUT2D eigenvalue weighted by Gasteiger charge is -2.25. The molecule has 0 unspecified atom stereocenters. The van der Waals surface area contributed by atoms with Crippen LogP contribution in [0.5, 0.6) is 0 Å². The Balaban J connectivity index is 2.57. The molecule has 1 aromatic carbocycles. The SMILES string of the molecule is CC(C)C(C)(C)[n+]1ccccc1-c1ccccc1. The van der Waals surface area contributed by atoms with E-state index in [0.29, 0.717) is 5.92 Å². The molecule has 0 bridgehead atoms. The van der Waals surface area contributed by atoms with Gasteiger partial charge in [0.05, 0.1) is 0 Å². The van der Waals surface area contributed by atoms with Gasteiger partial charge in [0.25, 0.3) is 0 Å². The van der Waals surface area contributed by atoms with Gasteiger partial charge in [-0.2, -0.15) is 4.57 Å². The minimum absolute atomic E-state index is 0.104. The molecule has 0 fully saturated rings. The lowest BCUT2D eigenvalue weighted by atomic mass is 9.89. The van der Waals surface area contributed by atoms with Crippen LogP contribution in [-0.2, 0) is 5.54 Å². The molecule has 18 heavy (non-hydrogen) atoms. The molecule has 2 aromatic rings. The van der Waals surface area contributed by atoms with E-state index in [1.165, 1.54) is 11.3 Å². The summed E-state index contributed by atoms with van der Waals surface area (Å²) in [5.74, 6) is 0.576. The molecule has 0 saturated carbocycles. The molecular weight excluding hydrogens is 218 g/mol. The van der Waals surface area contributed by atoms with E-state index >= 15 is 0 Å². The largest absolute Gasteiger partial charge is 0.212 e. The van der Waals surface area contributed by atoms with Crippen LogP contribution < -0.4 is 4.57 Å². The van der Waals surface area contributed by atoms with Crippen molar-refractivity contribution in [2.24, 2.45) is 5.92 Å². The molecule has 2 rings (SSSR count). The molecule has 1 heterocycles. The number of rotatable bonds is 3. The Labute approximate surface area is 110 Å². The Kier molecular flexibility index (Phi) is 3.51. The first-order chi connectivity index (χ1) is 8.53. The lowest BCUT2D eigenvalue weighted by molar-refractivity contribution is -0.755. The first-order valence-electron chi connectivity index (χ1n) is 6.60. The van der Waals surface area contributed by atoms with Gasteiger partial charge in [-0.25, -0.2) is 0 Å². The summed E-state index contributed by atoms with van der Waals surface area (Å²) in [6.07, 6.45) is 2.18. The third-order valence-electron chi connectivity index (χ3n) is 3.96. The van der Waals surface area contributed by atoms with E-state index in [1.54, 1.807) is 0 Å². The van der Waals surface area contributed by atoms with Crippen LogP contribution in [0.1, 0.15) is 27.7 Å². The van der Waals surface area contributed by atoms with E-state index in [9.17, 15) is 0 Å². The minimum Gasteiger partial charge on any atom is -0.193 e. The van der Waals surface area contributed by atoms with Crippen molar-refractivity contribution in [3.05, 3.63) is 54.7 Å². The van der Waals surface area contributed by atoms with Crippen molar-refractivity contribution in [3.8, 4) is 11.3 Å². The van der Waals surface area contributed by atoms with Gasteiger partial charge in [-0.1, -0.05) is 32.0 Å². The van der Waals surface area contributed by atoms with Crippen LogP contribution in [0.2, 0.25) is 0 Å². The Hall–Kier alpha value is -1.63. The maximum absolute atomic E-state index is 2.38. The van der Waals surface area contributed by atoms with E-state index in [1.807, 2.05) is 0 Å². The maximum atomic E-state index is 2.38. The summed E-state index contributed by atoms with van der Waals surface area (Å²) in [6, 6.07) is 17.0. The molecule has 1 heteroatoms. The van der Waals surface area contributed by atoms with Crippen LogP contribution in [0.3, 0.4) is 0 Å². The molecule has 0 aliphatic carbocycles. The van der Waals surface area contributed by atoms with Gasteiger partial charge < -0.3 is 0 Å². The molecule has 0 N–H and O–H groups in total. The topological polar surface area (TPSA) is 3.88 Å². The molecule has 0 aliphatic heterocycles. The molecule has 0 saturated heterocycles. The van der Waals surface area contributed by atoms with Gasteiger partial charge in [-0.15, -0.1) is 0 Å². The molecule has 0 aliphatic rings. The average Bonchev–Trinajstić information content (AvgIpc) is 2.39. The number of pyridine rings is 1. The van der Waals surface area contributed by atoms with Crippen LogP contribution in [0, 0.1) is 5.92 Å². The molecule has 0 amide bonds. The number of hydrogen-bond donors (Lipinski definition) is 0. The molecule has 1 nitrogen and oxygen atoms in total. The van der Waals surface area contributed by atoms with Crippen LogP contribution in [-0.4, -0.2) is 0 Å². The van der Waals surface area contributed by atoms with Gasteiger partial charge in [0.15, 0.2) is 11.7 Å². The summed E-state index contributed by atoms with van der Waals surface area (Å²) in [5.41, 5.74) is 2.65. The highest BCUT2D eigenvalue weighted by molar-refractivity contribution is 5.55. The fraction of sp³-hybridized carbons (Fsp3) is 0.353. The summed E-state index contributed by atoms with van der Waals surface area (Å²) >= 11 is 0. The summed E-state index contributed by atoms with van der Waals surface area (Å²) < 4.78 is 2.38. The quantitative estimate of drug-likeness (QED) is 0.713. The fourth-order valence-electron chi connectivity index (χ4n) is 2.07. The van der Waals surface area contributed by atoms with Gasteiger partial charge >= 0.3 is 0 Å². The van der Waals surface area contributed by atoms with Crippen molar-refractivity contribution < 1.29 is 4.57 Å². The molecule has 0 atom stereocenters. The van der Waals surface area contributed by atoms with Crippen molar-refractivity contribution in [1.82, 2.24) is 0 Å².